The van der Waals surface area contributed by atoms with E-state index in [0.29, 0.717) is 6.54 Å². The van der Waals surface area contributed by atoms with E-state index in [9.17, 15) is 0 Å². The first kappa shape index (κ1) is 13.2. The topological polar surface area (TPSA) is 58.3 Å². The van der Waals surface area contributed by atoms with Crippen molar-refractivity contribution in [3.05, 3.63) is 34.9 Å². The van der Waals surface area contributed by atoms with Gasteiger partial charge in [0.25, 0.3) is 0 Å². The summed E-state index contributed by atoms with van der Waals surface area (Å²) < 4.78 is 0. The van der Waals surface area contributed by atoms with Crippen LogP contribution in [0.3, 0.4) is 0 Å². The van der Waals surface area contributed by atoms with E-state index in [0.717, 1.165) is 13.0 Å². The van der Waals surface area contributed by atoms with Gasteiger partial charge in [0.05, 0.1) is 0 Å². The molecule has 0 aliphatic carbocycles. The molecule has 0 radical (unpaired) electrons. The van der Waals surface area contributed by atoms with E-state index in [-0.39, 0.29) is 12.6 Å². The summed E-state index contributed by atoms with van der Waals surface area (Å²) in [6.45, 7) is 5.83. The summed E-state index contributed by atoms with van der Waals surface area (Å²) >= 11 is 0. The molecular weight excluding hydrogens is 200 g/mol. The van der Waals surface area contributed by atoms with Gasteiger partial charge in [0.1, 0.15) is 0 Å². The number of nitrogens with one attached hydrogen (secondary N) is 1. The van der Waals surface area contributed by atoms with Crippen molar-refractivity contribution in [3.8, 4) is 0 Å². The minimum Gasteiger partial charge on any atom is -0.396 e. The van der Waals surface area contributed by atoms with E-state index >= 15 is 0 Å². The lowest BCUT2D eigenvalue weighted by atomic mass is 9.97. The second-order valence-corrected chi connectivity index (χ2v) is 4.11. The van der Waals surface area contributed by atoms with Gasteiger partial charge in [-0.15, -0.1) is 0 Å². The summed E-state index contributed by atoms with van der Waals surface area (Å²) in [6, 6.07) is 6.48. The van der Waals surface area contributed by atoms with Gasteiger partial charge in [-0.25, -0.2) is 0 Å². The van der Waals surface area contributed by atoms with Crippen molar-refractivity contribution in [3.63, 3.8) is 0 Å². The Kier molecular flexibility index (Phi) is 5.46. The van der Waals surface area contributed by atoms with Crippen LogP contribution in [-0.4, -0.2) is 24.8 Å². The molecule has 0 aliphatic rings. The van der Waals surface area contributed by atoms with Crippen LogP contribution < -0.4 is 11.1 Å². The molecule has 1 atom stereocenters. The summed E-state index contributed by atoms with van der Waals surface area (Å²) in [4.78, 5) is 0. The molecule has 0 spiro atoms. The van der Waals surface area contributed by atoms with Gasteiger partial charge in [0, 0.05) is 19.2 Å². The van der Waals surface area contributed by atoms with E-state index in [2.05, 4.69) is 37.4 Å². The molecule has 0 saturated carbocycles. The number of benzene rings is 1. The first-order valence-electron chi connectivity index (χ1n) is 5.81. The molecule has 0 saturated heterocycles. The summed E-state index contributed by atoms with van der Waals surface area (Å²) in [7, 11) is 0. The van der Waals surface area contributed by atoms with Crippen molar-refractivity contribution in [2.45, 2.75) is 26.3 Å². The molecule has 3 nitrogen and oxygen atoms in total. The zero-order valence-electron chi connectivity index (χ0n) is 10.2. The Morgan fingerprint density at radius 3 is 2.75 bits per heavy atom. The molecule has 3 heteroatoms. The Hall–Kier alpha value is -0.900. The van der Waals surface area contributed by atoms with Crippen LogP contribution in [0, 0.1) is 13.8 Å². The lowest BCUT2D eigenvalue weighted by Gasteiger charge is -2.20. The lowest BCUT2D eigenvalue weighted by Crippen LogP contribution is -2.30. The van der Waals surface area contributed by atoms with Crippen LogP contribution in [-0.2, 0) is 0 Å². The van der Waals surface area contributed by atoms with E-state index in [4.69, 9.17) is 10.8 Å². The zero-order chi connectivity index (χ0) is 12.0. The van der Waals surface area contributed by atoms with E-state index in [1.165, 1.54) is 16.7 Å². The summed E-state index contributed by atoms with van der Waals surface area (Å²) in [5.74, 6) is 0. The van der Waals surface area contributed by atoms with Crippen molar-refractivity contribution in [1.29, 1.82) is 0 Å². The van der Waals surface area contributed by atoms with Gasteiger partial charge in [0.2, 0.25) is 0 Å². The van der Waals surface area contributed by atoms with Gasteiger partial charge >= 0.3 is 0 Å². The molecule has 0 heterocycles. The van der Waals surface area contributed by atoms with Gasteiger partial charge in [-0.2, -0.15) is 0 Å². The minimum absolute atomic E-state index is 0.187. The van der Waals surface area contributed by atoms with Crippen LogP contribution in [0.25, 0.3) is 0 Å². The lowest BCUT2D eigenvalue weighted by molar-refractivity contribution is 0.283. The number of aryl methyl sites for hydroxylation is 1. The van der Waals surface area contributed by atoms with Crippen molar-refractivity contribution in [2.75, 3.05) is 19.7 Å². The molecule has 16 heavy (non-hydrogen) atoms. The number of nitrogens with two attached hydrogens (primary N) is 1. The first-order chi connectivity index (χ1) is 7.70. The standard InChI is InChI=1S/C13H22N2O/c1-10-5-3-6-12(11(10)2)13(9-14)15-7-4-8-16/h3,5-6,13,15-16H,4,7-9,14H2,1-2H3. The van der Waals surface area contributed by atoms with Crippen molar-refractivity contribution < 1.29 is 5.11 Å². The quantitative estimate of drug-likeness (QED) is 0.635. The van der Waals surface area contributed by atoms with Crippen LogP contribution in [0.1, 0.15) is 29.2 Å². The predicted molar refractivity (Wildman–Crippen MR) is 67.4 cm³/mol. The fourth-order valence-electron chi connectivity index (χ4n) is 1.83. The summed E-state index contributed by atoms with van der Waals surface area (Å²) in [5.41, 5.74) is 9.64. The van der Waals surface area contributed by atoms with Gasteiger partial charge in [-0.3, -0.25) is 0 Å². The van der Waals surface area contributed by atoms with Crippen LogP contribution in [0.5, 0.6) is 0 Å². The van der Waals surface area contributed by atoms with Crippen LogP contribution >= 0.6 is 0 Å². The molecule has 0 aromatic heterocycles. The molecule has 0 aliphatic heterocycles. The molecule has 1 unspecified atom stereocenters. The Balaban J connectivity index is 2.74. The molecule has 1 rings (SSSR count). The van der Waals surface area contributed by atoms with Crippen molar-refractivity contribution >= 4 is 0 Å². The zero-order valence-corrected chi connectivity index (χ0v) is 10.2. The third-order valence-corrected chi connectivity index (χ3v) is 2.98. The first-order valence-corrected chi connectivity index (χ1v) is 5.81. The third-order valence-electron chi connectivity index (χ3n) is 2.98. The molecule has 4 N–H and O–H groups in total. The monoisotopic (exact) mass is 222 g/mol. The summed E-state index contributed by atoms with van der Waals surface area (Å²) in [5, 5.41) is 12.1. The highest BCUT2D eigenvalue weighted by molar-refractivity contribution is 5.35. The third kappa shape index (κ3) is 3.30. The smallest absolute Gasteiger partial charge is 0.0447 e. The van der Waals surface area contributed by atoms with Gasteiger partial charge in [-0.05, 0) is 43.5 Å². The van der Waals surface area contributed by atoms with E-state index < -0.39 is 0 Å². The Morgan fingerprint density at radius 1 is 1.38 bits per heavy atom. The van der Waals surface area contributed by atoms with Crippen molar-refractivity contribution in [1.82, 2.24) is 5.32 Å². The average Bonchev–Trinajstić information content (AvgIpc) is 2.29. The Labute approximate surface area is 97.7 Å². The van der Waals surface area contributed by atoms with E-state index in [1.807, 2.05) is 0 Å². The molecule has 1 aromatic carbocycles. The maximum Gasteiger partial charge on any atom is 0.0447 e. The highest BCUT2D eigenvalue weighted by atomic mass is 16.3. The maximum absolute atomic E-state index is 8.75. The highest BCUT2D eigenvalue weighted by Crippen LogP contribution is 2.19. The molecule has 0 fully saturated rings. The molecule has 1 aromatic rings. The number of aliphatic hydroxyl groups excluding tert-OH is 1. The van der Waals surface area contributed by atoms with E-state index in [1.54, 1.807) is 0 Å². The Bertz CT molecular complexity index is 326. The second kappa shape index (κ2) is 6.63. The van der Waals surface area contributed by atoms with Crippen LogP contribution in [0.4, 0.5) is 0 Å². The van der Waals surface area contributed by atoms with Crippen LogP contribution in [0.2, 0.25) is 0 Å². The Morgan fingerprint density at radius 2 is 2.12 bits per heavy atom. The fourth-order valence-corrected chi connectivity index (χ4v) is 1.83. The van der Waals surface area contributed by atoms with Gasteiger partial charge in [0.15, 0.2) is 0 Å². The number of rotatable bonds is 6. The molecular formula is C13H22N2O. The second-order valence-electron chi connectivity index (χ2n) is 4.11. The highest BCUT2D eigenvalue weighted by Gasteiger charge is 2.11. The molecule has 90 valence electrons. The maximum atomic E-state index is 8.75. The number of aliphatic hydroxyl groups is 1. The normalized spacial score (nSPS) is 12.8. The van der Waals surface area contributed by atoms with Crippen molar-refractivity contribution in [2.24, 2.45) is 5.73 Å². The largest absolute Gasteiger partial charge is 0.396 e. The van der Waals surface area contributed by atoms with Gasteiger partial charge in [-0.1, -0.05) is 18.2 Å². The predicted octanol–water partition coefficient (Wildman–Crippen LogP) is 1.28. The number of hydrogen-bond donors (Lipinski definition) is 3. The van der Waals surface area contributed by atoms with Crippen LogP contribution in [0.15, 0.2) is 18.2 Å². The molecule has 0 amide bonds. The van der Waals surface area contributed by atoms with Gasteiger partial charge < -0.3 is 16.2 Å². The SMILES string of the molecule is Cc1cccc(C(CN)NCCCO)c1C. The fraction of sp³-hybridized carbons (Fsp3) is 0.538. The minimum atomic E-state index is 0.187. The average molecular weight is 222 g/mol. The summed E-state index contributed by atoms with van der Waals surface area (Å²) in [6.07, 6.45) is 0.765. The number of hydrogen-bond acceptors (Lipinski definition) is 3. The molecule has 0 bridgehead atoms.